The summed E-state index contributed by atoms with van der Waals surface area (Å²) < 4.78 is 0. The summed E-state index contributed by atoms with van der Waals surface area (Å²) in [5, 5.41) is 17.5. The molecule has 28 heavy (non-hydrogen) atoms. The lowest BCUT2D eigenvalue weighted by Gasteiger charge is -2.15. The molecule has 1 atom stereocenters. The Morgan fingerprint density at radius 3 is 2.29 bits per heavy atom. The molecule has 5 nitrogen and oxygen atoms in total. The van der Waals surface area contributed by atoms with Gasteiger partial charge in [-0.2, -0.15) is 0 Å². The average molecular weight is 376 g/mol. The minimum absolute atomic E-state index is 0.0491. The molecule has 1 unspecified atom stereocenters. The first-order valence-electron chi connectivity index (χ1n) is 9.30. The summed E-state index contributed by atoms with van der Waals surface area (Å²) in [6.45, 7) is 4.12. The molecule has 0 saturated carbocycles. The van der Waals surface area contributed by atoms with E-state index >= 15 is 0 Å². The van der Waals surface area contributed by atoms with Crippen molar-refractivity contribution in [3.8, 4) is 0 Å². The van der Waals surface area contributed by atoms with E-state index in [2.05, 4.69) is 24.5 Å². The van der Waals surface area contributed by atoms with Crippen molar-refractivity contribution in [2.45, 2.75) is 25.9 Å². The first-order valence-corrected chi connectivity index (χ1v) is 9.30. The molecule has 0 spiro atoms. The largest absolute Gasteiger partial charge is 0.387 e. The minimum Gasteiger partial charge on any atom is -0.387 e. The van der Waals surface area contributed by atoms with Crippen molar-refractivity contribution in [1.82, 2.24) is 5.32 Å². The van der Waals surface area contributed by atoms with Gasteiger partial charge in [-0.25, -0.2) is 0 Å². The van der Waals surface area contributed by atoms with Crippen molar-refractivity contribution < 1.29 is 14.7 Å². The van der Waals surface area contributed by atoms with Crippen molar-refractivity contribution in [1.29, 1.82) is 0 Å². The predicted molar refractivity (Wildman–Crippen MR) is 111 cm³/mol. The number of rotatable bonds is 5. The molecule has 0 fully saturated rings. The molecular weight excluding hydrogens is 352 g/mol. The Morgan fingerprint density at radius 2 is 1.57 bits per heavy atom. The Balaban J connectivity index is 1.59. The molecule has 3 aromatic rings. The van der Waals surface area contributed by atoms with Gasteiger partial charge < -0.3 is 15.7 Å². The van der Waals surface area contributed by atoms with Gasteiger partial charge in [0.15, 0.2) is 0 Å². The lowest BCUT2D eigenvalue weighted by atomic mass is 10.0. The lowest BCUT2D eigenvalue weighted by Crippen LogP contribution is -2.37. The smallest absolute Gasteiger partial charge is 0.313 e. The van der Waals surface area contributed by atoms with Crippen molar-refractivity contribution in [3.05, 3.63) is 77.9 Å². The molecule has 0 bridgehead atoms. The first kappa shape index (κ1) is 19.6. The fraction of sp³-hybridized carbons (Fsp3) is 0.217. The molecule has 0 heterocycles. The highest BCUT2D eigenvalue weighted by Crippen LogP contribution is 2.23. The van der Waals surface area contributed by atoms with E-state index < -0.39 is 17.9 Å². The second kappa shape index (κ2) is 8.67. The number of nitrogens with one attached hydrogen (secondary N) is 2. The van der Waals surface area contributed by atoms with Crippen LogP contribution < -0.4 is 10.6 Å². The highest BCUT2D eigenvalue weighted by atomic mass is 16.3. The van der Waals surface area contributed by atoms with Crippen molar-refractivity contribution in [2.24, 2.45) is 0 Å². The fourth-order valence-corrected chi connectivity index (χ4v) is 3.06. The zero-order valence-corrected chi connectivity index (χ0v) is 16.0. The number of hydrogen-bond acceptors (Lipinski definition) is 3. The standard InChI is InChI=1S/C23H24N2O3/c1-15(2)16-10-12-18(13-11-16)25-23(28)22(27)24-14-21(26)20-9-5-7-17-6-3-4-8-19(17)20/h3-13,15,21,26H,14H2,1-2H3,(H,24,27)(H,25,28). The zero-order valence-electron chi connectivity index (χ0n) is 16.0. The van der Waals surface area contributed by atoms with Crippen molar-refractivity contribution in [2.75, 3.05) is 11.9 Å². The van der Waals surface area contributed by atoms with Crippen LogP contribution in [0, 0.1) is 0 Å². The Bertz CT molecular complexity index is 975. The van der Waals surface area contributed by atoms with Crippen LogP contribution in [0.15, 0.2) is 66.7 Å². The normalized spacial score (nSPS) is 12.0. The van der Waals surface area contributed by atoms with E-state index in [1.54, 1.807) is 12.1 Å². The number of aliphatic hydroxyl groups is 1. The minimum atomic E-state index is -0.909. The van der Waals surface area contributed by atoms with Crippen LogP contribution in [0.3, 0.4) is 0 Å². The van der Waals surface area contributed by atoms with Crippen LogP contribution in [0.2, 0.25) is 0 Å². The zero-order chi connectivity index (χ0) is 20.1. The van der Waals surface area contributed by atoms with Crippen LogP contribution in [0.1, 0.15) is 37.0 Å². The van der Waals surface area contributed by atoms with Gasteiger partial charge in [0.25, 0.3) is 0 Å². The molecule has 0 aromatic heterocycles. The van der Waals surface area contributed by atoms with E-state index in [1.165, 1.54) is 0 Å². The van der Waals surface area contributed by atoms with Gasteiger partial charge in [0, 0.05) is 12.2 Å². The molecule has 2 amide bonds. The highest BCUT2D eigenvalue weighted by Gasteiger charge is 2.17. The first-order chi connectivity index (χ1) is 13.5. The van der Waals surface area contributed by atoms with Crippen LogP contribution in [0.4, 0.5) is 5.69 Å². The second-order valence-corrected chi connectivity index (χ2v) is 7.03. The number of carbonyl (C=O) groups is 2. The summed E-state index contributed by atoms with van der Waals surface area (Å²) in [5.74, 6) is -1.15. The van der Waals surface area contributed by atoms with Gasteiger partial charge in [-0.3, -0.25) is 9.59 Å². The number of aliphatic hydroxyl groups excluding tert-OH is 1. The van der Waals surface area contributed by atoms with Gasteiger partial charge in [0.1, 0.15) is 0 Å². The number of carbonyl (C=O) groups excluding carboxylic acids is 2. The van der Waals surface area contributed by atoms with Crippen LogP contribution >= 0.6 is 0 Å². The maximum atomic E-state index is 12.1. The van der Waals surface area contributed by atoms with E-state index in [0.29, 0.717) is 17.2 Å². The molecule has 0 aliphatic carbocycles. The Kier molecular flexibility index (Phi) is 6.06. The molecule has 5 heteroatoms. The average Bonchev–Trinajstić information content (AvgIpc) is 2.71. The molecular formula is C23H24N2O3. The van der Waals surface area contributed by atoms with E-state index in [4.69, 9.17) is 0 Å². The molecule has 0 saturated heterocycles. The van der Waals surface area contributed by atoms with Crippen molar-refractivity contribution >= 4 is 28.3 Å². The third-order valence-corrected chi connectivity index (χ3v) is 4.68. The Labute approximate surface area is 164 Å². The summed E-state index contributed by atoms with van der Waals surface area (Å²) in [6, 6.07) is 20.7. The number of amides is 2. The number of benzene rings is 3. The maximum Gasteiger partial charge on any atom is 0.313 e. The van der Waals surface area contributed by atoms with E-state index in [0.717, 1.165) is 16.3 Å². The molecule has 0 aliphatic rings. The molecule has 0 aliphatic heterocycles. The third kappa shape index (κ3) is 4.56. The Morgan fingerprint density at radius 1 is 0.893 bits per heavy atom. The topological polar surface area (TPSA) is 78.4 Å². The molecule has 3 N–H and O–H groups in total. The summed E-state index contributed by atoms with van der Waals surface area (Å²) >= 11 is 0. The Hall–Kier alpha value is -3.18. The SMILES string of the molecule is CC(C)c1ccc(NC(=O)C(=O)NCC(O)c2cccc3ccccc23)cc1. The van der Waals surface area contributed by atoms with E-state index in [9.17, 15) is 14.7 Å². The van der Waals surface area contributed by atoms with E-state index in [-0.39, 0.29) is 6.54 Å². The predicted octanol–water partition coefficient (Wildman–Crippen LogP) is 3.75. The van der Waals surface area contributed by atoms with Crippen LogP contribution in [-0.4, -0.2) is 23.5 Å². The van der Waals surface area contributed by atoms with Gasteiger partial charge in [0.2, 0.25) is 0 Å². The number of fused-ring (bicyclic) bond motifs is 1. The van der Waals surface area contributed by atoms with Crippen LogP contribution in [-0.2, 0) is 9.59 Å². The summed E-state index contributed by atoms with van der Waals surface area (Å²) in [4.78, 5) is 24.2. The summed E-state index contributed by atoms with van der Waals surface area (Å²) in [5.41, 5.74) is 2.42. The monoisotopic (exact) mass is 376 g/mol. The summed E-state index contributed by atoms with van der Waals surface area (Å²) in [6.07, 6.45) is -0.909. The molecule has 3 rings (SSSR count). The molecule has 0 radical (unpaired) electrons. The number of hydrogen-bond donors (Lipinski definition) is 3. The van der Waals surface area contributed by atoms with Crippen LogP contribution in [0.5, 0.6) is 0 Å². The molecule has 144 valence electrons. The van der Waals surface area contributed by atoms with Gasteiger partial charge in [-0.15, -0.1) is 0 Å². The second-order valence-electron chi connectivity index (χ2n) is 7.03. The molecule has 3 aromatic carbocycles. The third-order valence-electron chi connectivity index (χ3n) is 4.68. The lowest BCUT2D eigenvalue weighted by molar-refractivity contribution is -0.136. The maximum absolute atomic E-state index is 12.1. The highest BCUT2D eigenvalue weighted by molar-refractivity contribution is 6.39. The van der Waals surface area contributed by atoms with Gasteiger partial charge in [0.05, 0.1) is 6.10 Å². The van der Waals surface area contributed by atoms with E-state index in [1.807, 2.05) is 54.6 Å². The van der Waals surface area contributed by atoms with Gasteiger partial charge in [-0.1, -0.05) is 68.4 Å². The fourth-order valence-electron chi connectivity index (χ4n) is 3.06. The van der Waals surface area contributed by atoms with Gasteiger partial charge >= 0.3 is 11.8 Å². The van der Waals surface area contributed by atoms with Crippen LogP contribution in [0.25, 0.3) is 10.8 Å². The summed E-state index contributed by atoms with van der Waals surface area (Å²) in [7, 11) is 0. The number of anilines is 1. The quantitative estimate of drug-likeness (QED) is 0.594. The van der Waals surface area contributed by atoms with Crippen molar-refractivity contribution in [3.63, 3.8) is 0 Å². The van der Waals surface area contributed by atoms with Gasteiger partial charge in [-0.05, 0) is 39.9 Å².